The fourth-order valence-corrected chi connectivity index (χ4v) is 4.23. The van der Waals surface area contributed by atoms with Gasteiger partial charge in [0.1, 0.15) is 5.75 Å². The Labute approximate surface area is 141 Å². The molecule has 0 spiro atoms. The van der Waals surface area contributed by atoms with Crippen molar-refractivity contribution >= 4 is 16.0 Å². The predicted octanol–water partition coefficient (Wildman–Crippen LogP) is 0.569. The third-order valence-corrected chi connectivity index (χ3v) is 5.81. The van der Waals surface area contributed by atoms with Crippen molar-refractivity contribution in [1.82, 2.24) is 4.72 Å². The van der Waals surface area contributed by atoms with E-state index in [1.165, 1.54) is 6.07 Å². The Balaban J connectivity index is 1.75. The minimum absolute atomic E-state index is 0.161. The molecule has 2 atom stereocenters. The van der Waals surface area contributed by atoms with Gasteiger partial charge in [0.15, 0.2) is 6.10 Å². The summed E-state index contributed by atoms with van der Waals surface area (Å²) in [6.07, 6.45) is 1.60. The van der Waals surface area contributed by atoms with Crippen molar-refractivity contribution in [3.63, 3.8) is 0 Å². The number of benzene rings is 1. The van der Waals surface area contributed by atoms with Crippen LogP contribution in [0.15, 0.2) is 23.1 Å². The molecule has 1 heterocycles. The molecular weight excluding hydrogens is 332 g/mol. The molecule has 132 valence electrons. The second-order valence-corrected chi connectivity index (χ2v) is 7.85. The van der Waals surface area contributed by atoms with E-state index in [1.54, 1.807) is 19.1 Å². The summed E-state index contributed by atoms with van der Waals surface area (Å²) in [7, 11) is -3.65. The average molecular weight is 354 g/mol. The molecule has 1 aliphatic carbocycles. The third-order valence-electron chi connectivity index (χ3n) is 4.32. The van der Waals surface area contributed by atoms with Crippen LogP contribution in [0.25, 0.3) is 0 Å². The lowest BCUT2D eigenvalue weighted by Gasteiger charge is -2.16. The highest BCUT2D eigenvalue weighted by atomic mass is 32.2. The van der Waals surface area contributed by atoms with Gasteiger partial charge in [-0.25, -0.2) is 17.9 Å². The topological polar surface area (TPSA) is 108 Å². The van der Waals surface area contributed by atoms with Gasteiger partial charge >= 0.3 is 5.97 Å². The number of nitrogens with one attached hydrogen (secondary N) is 1. The van der Waals surface area contributed by atoms with E-state index in [0.29, 0.717) is 23.7 Å². The number of sulfonamides is 1. The molecule has 0 saturated heterocycles. The van der Waals surface area contributed by atoms with Crippen molar-refractivity contribution in [3.8, 4) is 5.75 Å². The lowest BCUT2D eigenvalue weighted by molar-refractivity contribution is -0.150. The minimum atomic E-state index is -3.65. The van der Waals surface area contributed by atoms with Crippen molar-refractivity contribution < 1.29 is 22.7 Å². The van der Waals surface area contributed by atoms with Crippen LogP contribution in [0.3, 0.4) is 0 Å². The molecule has 2 aliphatic rings. The van der Waals surface area contributed by atoms with E-state index in [4.69, 9.17) is 15.2 Å². The van der Waals surface area contributed by atoms with Crippen LogP contribution in [0.1, 0.15) is 25.3 Å². The summed E-state index contributed by atoms with van der Waals surface area (Å²) in [4.78, 5) is 11.9. The number of carbonyl (C=O) groups excluding carboxylic acids is 1. The first kappa shape index (κ1) is 17.2. The first-order chi connectivity index (χ1) is 11.4. The number of ether oxygens (including phenoxy) is 2. The summed E-state index contributed by atoms with van der Waals surface area (Å²) in [6.45, 7) is 2.28. The van der Waals surface area contributed by atoms with Gasteiger partial charge in [0.25, 0.3) is 0 Å². The lowest BCUT2D eigenvalue weighted by atomic mass is 10.1. The zero-order chi connectivity index (χ0) is 17.3. The van der Waals surface area contributed by atoms with Crippen LogP contribution in [0.2, 0.25) is 0 Å². The minimum Gasteiger partial charge on any atom is -0.478 e. The molecule has 24 heavy (non-hydrogen) atoms. The Morgan fingerprint density at radius 3 is 2.83 bits per heavy atom. The Morgan fingerprint density at radius 2 is 2.21 bits per heavy atom. The van der Waals surface area contributed by atoms with Crippen molar-refractivity contribution in [3.05, 3.63) is 23.8 Å². The first-order valence-corrected chi connectivity index (χ1v) is 9.61. The maximum atomic E-state index is 12.6. The molecule has 7 nitrogen and oxygen atoms in total. The number of fused-ring (bicyclic) bond motifs is 1. The van der Waals surface area contributed by atoms with Gasteiger partial charge in [0, 0.05) is 19.0 Å². The summed E-state index contributed by atoms with van der Waals surface area (Å²) in [6, 6.07) is 4.39. The molecule has 1 aliphatic heterocycles. The van der Waals surface area contributed by atoms with Crippen molar-refractivity contribution in [2.24, 2.45) is 11.7 Å². The van der Waals surface area contributed by atoms with Crippen LogP contribution in [-0.4, -0.2) is 39.7 Å². The van der Waals surface area contributed by atoms with E-state index in [-0.39, 0.29) is 24.1 Å². The SMILES string of the molecule is CCOC(=O)C1Cc2cc(S(=O)(=O)NC(CN)C3CC3)ccc2O1. The number of hydrogen-bond acceptors (Lipinski definition) is 6. The van der Waals surface area contributed by atoms with E-state index < -0.39 is 22.1 Å². The second-order valence-electron chi connectivity index (χ2n) is 6.13. The second kappa shape index (κ2) is 6.70. The van der Waals surface area contributed by atoms with E-state index in [2.05, 4.69) is 4.72 Å². The van der Waals surface area contributed by atoms with Crippen LogP contribution in [0, 0.1) is 5.92 Å². The van der Waals surface area contributed by atoms with Gasteiger partial charge in [0.2, 0.25) is 10.0 Å². The Bertz CT molecular complexity index is 730. The van der Waals surface area contributed by atoms with Gasteiger partial charge in [-0.2, -0.15) is 0 Å². The molecule has 1 fully saturated rings. The Hall–Kier alpha value is -1.64. The molecule has 1 aromatic rings. The largest absolute Gasteiger partial charge is 0.478 e. The molecule has 0 aromatic heterocycles. The molecule has 0 radical (unpaired) electrons. The first-order valence-electron chi connectivity index (χ1n) is 8.13. The lowest BCUT2D eigenvalue weighted by Crippen LogP contribution is -2.41. The summed E-state index contributed by atoms with van der Waals surface area (Å²) < 4.78 is 38.3. The molecule has 8 heteroatoms. The number of hydrogen-bond donors (Lipinski definition) is 2. The quantitative estimate of drug-likeness (QED) is 0.693. The number of esters is 1. The highest BCUT2D eigenvalue weighted by Gasteiger charge is 2.35. The number of rotatable bonds is 7. The number of carbonyl (C=O) groups is 1. The smallest absolute Gasteiger partial charge is 0.347 e. The highest BCUT2D eigenvalue weighted by molar-refractivity contribution is 7.89. The van der Waals surface area contributed by atoms with E-state index >= 15 is 0 Å². The molecule has 3 rings (SSSR count). The standard InChI is InChI=1S/C16H22N2O5S/c1-2-22-16(19)15-8-11-7-12(5-6-14(11)23-15)24(20,21)18-13(9-17)10-3-4-10/h5-7,10,13,15,18H,2-4,8-9,17H2,1H3. The normalized spacial score (nSPS) is 21.0. The summed E-state index contributed by atoms with van der Waals surface area (Å²) in [5.74, 6) is 0.411. The molecule has 2 unspecified atom stereocenters. The van der Waals surface area contributed by atoms with Gasteiger partial charge in [0.05, 0.1) is 11.5 Å². The molecule has 0 amide bonds. The fraction of sp³-hybridized carbons (Fsp3) is 0.562. The van der Waals surface area contributed by atoms with Crippen LogP contribution in [0.5, 0.6) is 5.75 Å². The van der Waals surface area contributed by atoms with Crippen LogP contribution in [-0.2, 0) is 26.0 Å². The molecule has 3 N–H and O–H groups in total. The van der Waals surface area contributed by atoms with Crippen LogP contribution < -0.4 is 15.2 Å². The Morgan fingerprint density at radius 1 is 1.46 bits per heavy atom. The van der Waals surface area contributed by atoms with Gasteiger partial charge in [-0.1, -0.05) is 0 Å². The fourth-order valence-electron chi connectivity index (χ4n) is 2.86. The maximum Gasteiger partial charge on any atom is 0.347 e. The predicted molar refractivity (Wildman–Crippen MR) is 87.1 cm³/mol. The molecule has 1 saturated carbocycles. The summed E-state index contributed by atoms with van der Waals surface area (Å²) in [5, 5.41) is 0. The zero-order valence-corrected chi connectivity index (χ0v) is 14.3. The summed E-state index contributed by atoms with van der Waals surface area (Å²) in [5.41, 5.74) is 6.36. The van der Waals surface area contributed by atoms with Crippen molar-refractivity contribution in [2.75, 3.05) is 13.2 Å². The van der Waals surface area contributed by atoms with Crippen molar-refractivity contribution in [2.45, 2.75) is 43.2 Å². The Kier molecular flexibility index (Phi) is 4.80. The maximum absolute atomic E-state index is 12.6. The van der Waals surface area contributed by atoms with Gasteiger partial charge in [-0.3, -0.25) is 0 Å². The van der Waals surface area contributed by atoms with Gasteiger partial charge < -0.3 is 15.2 Å². The van der Waals surface area contributed by atoms with Gasteiger partial charge in [-0.15, -0.1) is 0 Å². The van der Waals surface area contributed by atoms with E-state index in [0.717, 1.165) is 12.8 Å². The molecule has 0 bridgehead atoms. The average Bonchev–Trinajstić information content (AvgIpc) is 3.30. The molecular formula is C16H22N2O5S. The molecule has 1 aromatic carbocycles. The third kappa shape index (κ3) is 3.55. The van der Waals surface area contributed by atoms with Crippen molar-refractivity contribution in [1.29, 1.82) is 0 Å². The summed E-state index contributed by atoms with van der Waals surface area (Å²) >= 11 is 0. The number of nitrogens with two attached hydrogens (primary N) is 1. The highest BCUT2D eigenvalue weighted by Crippen LogP contribution is 2.34. The van der Waals surface area contributed by atoms with Gasteiger partial charge in [-0.05, 0) is 49.4 Å². The van der Waals surface area contributed by atoms with E-state index in [9.17, 15) is 13.2 Å². The zero-order valence-electron chi connectivity index (χ0n) is 13.5. The van der Waals surface area contributed by atoms with Crippen LogP contribution >= 0.6 is 0 Å². The van der Waals surface area contributed by atoms with E-state index in [1.807, 2.05) is 0 Å². The van der Waals surface area contributed by atoms with Crippen LogP contribution in [0.4, 0.5) is 0 Å². The monoisotopic (exact) mass is 354 g/mol.